The molecular weight excluding hydrogens is 372 g/mol. The monoisotopic (exact) mass is 382 g/mol. The Morgan fingerprint density at radius 3 is 2.71 bits per heavy atom. The van der Waals surface area contributed by atoms with Gasteiger partial charge < -0.3 is 8.94 Å². The molecule has 0 fully saturated rings. The fraction of sp³-hybridized carbons (Fsp3) is 0.0556. The van der Waals surface area contributed by atoms with Crippen molar-refractivity contribution in [2.24, 2.45) is 0 Å². The summed E-state index contributed by atoms with van der Waals surface area (Å²) in [4.78, 5) is 16.6. The Kier molecular flexibility index (Phi) is 3.54. The van der Waals surface area contributed by atoms with E-state index in [2.05, 4.69) is 26.1 Å². The molecule has 24 heavy (non-hydrogen) atoms. The lowest BCUT2D eigenvalue weighted by molar-refractivity contribution is 0.429. The van der Waals surface area contributed by atoms with Crippen LogP contribution < -0.4 is 5.63 Å². The van der Waals surface area contributed by atoms with Crippen LogP contribution in [0, 0.1) is 6.92 Å². The molecule has 2 heterocycles. The van der Waals surface area contributed by atoms with E-state index in [1.165, 1.54) is 0 Å². The van der Waals surface area contributed by atoms with Gasteiger partial charge in [0.2, 0.25) is 5.82 Å². The minimum absolute atomic E-state index is 0.142. The van der Waals surface area contributed by atoms with E-state index in [0.29, 0.717) is 11.4 Å². The number of halogens is 1. The van der Waals surface area contributed by atoms with E-state index in [-0.39, 0.29) is 11.5 Å². The third-order valence-corrected chi connectivity index (χ3v) is 4.23. The third kappa shape index (κ3) is 2.55. The van der Waals surface area contributed by atoms with Crippen molar-refractivity contribution < 1.29 is 8.94 Å². The summed E-state index contributed by atoms with van der Waals surface area (Å²) in [5.41, 5.74) is 2.13. The molecule has 0 aliphatic heterocycles. The molecule has 5 nitrogen and oxygen atoms in total. The number of rotatable bonds is 2. The molecule has 2 aromatic carbocycles. The maximum absolute atomic E-state index is 12.2. The molecule has 0 N–H and O–H groups in total. The van der Waals surface area contributed by atoms with E-state index in [0.717, 1.165) is 21.0 Å². The highest BCUT2D eigenvalue weighted by Crippen LogP contribution is 2.26. The Balaban J connectivity index is 1.85. The van der Waals surface area contributed by atoms with Crippen LogP contribution in [-0.2, 0) is 0 Å². The number of benzene rings is 2. The zero-order valence-electron chi connectivity index (χ0n) is 12.6. The van der Waals surface area contributed by atoms with Crippen molar-refractivity contribution in [2.75, 3.05) is 0 Å². The fourth-order valence-corrected chi connectivity index (χ4v) is 2.89. The number of aryl methyl sites for hydroxylation is 1. The molecule has 0 radical (unpaired) electrons. The van der Waals surface area contributed by atoms with E-state index in [1.54, 1.807) is 12.1 Å². The first-order chi connectivity index (χ1) is 11.6. The average Bonchev–Trinajstić information content (AvgIpc) is 3.04. The van der Waals surface area contributed by atoms with Gasteiger partial charge in [-0.2, -0.15) is 4.98 Å². The fourth-order valence-electron chi connectivity index (χ4n) is 2.51. The molecule has 0 spiro atoms. The molecule has 0 bridgehead atoms. The molecular formula is C18H11BrN2O3. The molecule has 4 aromatic rings. The van der Waals surface area contributed by atoms with Crippen molar-refractivity contribution in [1.82, 2.24) is 10.1 Å². The van der Waals surface area contributed by atoms with E-state index in [4.69, 9.17) is 8.94 Å². The first kappa shape index (κ1) is 14.8. The van der Waals surface area contributed by atoms with Gasteiger partial charge in [-0.1, -0.05) is 45.4 Å². The van der Waals surface area contributed by atoms with Gasteiger partial charge in [0.1, 0.15) is 11.1 Å². The molecule has 6 heteroatoms. The van der Waals surface area contributed by atoms with Crippen LogP contribution in [0.4, 0.5) is 0 Å². The quantitative estimate of drug-likeness (QED) is 0.474. The van der Waals surface area contributed by atoms with E-state index < -0.39 is 5.63 Å². The van der Waals surface area contributed by atoms with Crippen molar-refractivity contribution in [3.05, 3.63) is 69.0 Å². The maximum Gasteiger partial charge on any atom is 0.349 e. The summed E-state index contributed by atoms with van der Waals surface area (Å²) in [6.07, 6.45) is 0. The van der Waals surface area contributed by atoms with Crippen LogP contribution in [0.3, 0.4) is 0 Å². The molecule has 4 rings (SSSR count). The molecule has 0 saturated carbocycles. The van der Waals surface area contributed by atoms with E-state index in [1.807, 2.05) is 43.3 Å². The first-order valence-electron chi connectivity index (χ1n) is 7.25. The third-order valence-electron chi connectivity index (χ3n) is 3.74. The minimum Gasteiger partial charge on any atom is -0.422 e. The standard InChI is InChI=1S/C18H11BrN2O3/c1-10-4-2-3-5-13(10)16-20-17(24-21-16)14-9-11-8-12(19)6-7-15(11)23-18(14)22/h2-9H,1H3. The van der Waals surface area contributed by atoms with Crippen LogP contribution in [0.25, 0.3) is 33.8 Å². The van der Waals surface area contributed by atoms with E-state index >= 15 is 0 Å². The summed E-state index contributed by atoms with van der Waals surface area (Å²) in [5.74, 6) is 0.584. The molecule has 0 aliphatic carbocycles. The highest BCUT2D eigenvalue weighted by molar-refractivity contribution is 9.10. The number of hydrogen-bond donors (Lipinski definition) is 0. The Morgan fingerprint density at radius 1 is 1.04 bits per heavy atom. The van der Waals surface area contributed by atoms with Crippen molar-refractivity contribution in [3.63, 3.8) is 0 Å². The predicted molar refractivity (Wildman–Crippen MR) is 93.6 cm³/mol. The van der Waals surface area contributed by atoms with Gasteiger partial charge in [-0.25, -0.2) is 4.79 Å². The smallest absolute Gasteiger partial charge is 0.349 e. The van der Waals surface area contributed by atoms with Gasteiger partial charge in [0.05, 0.1) is 0 Å². The van der Waals surface area contributed by atoms with Gasteiger partial charge in [-0.05, 0) is 36.8 Å². The van der Waals surface area contributed by atoms with Crippen molar-refractivity contribution in [2.45, 2.75) is 6.92 Å². The van der Waals surface area contributed by atoms with Crippen LogP contribution in [0.15, 0.2) is 66.7 Å². The molecule has 0 aliphatic rings. The van der Waals surface area contributed by atoms with Crippen molar-refractivity contribution in [3.8, 4) is 22.8 Å². The van der Waals surface area contributed by atoms with Crippen LogP contribution >= 0.6 is 15.9 Å². The summed E-state index contributed by atoms with van der Waals surface area (Å²) in [6, 6.07) is 14.8. The second kappa shape index (κ2) is 5.72. The summed E-state index contributed by atoms with van der Waals surface area (Å²) >= 11 is 3.40. The second-order valence-corrected chi connectivity index (χ2v) is 6.28. The van der Waals surface area contributed by atoms with E-state index in [9.17, 15) is 4.79 Å². The molecule has 0 atom stereocenters. The highest BCUT2D eigenvalue weighted by atomic mass is 79.9. The molecule has 0 amide bonds. The van der Waals surface area contributed by atoms with Crippen molar-refractivity contribution in [1.29, 1.82) is 0 Å². The van der Waals surface area contributed by atoms with Crippen LogP contribution in [0.2, 0.25) is 0 Å². The molecule has 2 aromatic heterocycles. The average molecular weight is 383 g/mol. The number of aromatic nitrogens is 2. The second-order valence-electron chi connectivity index (χ2n) is 5.37. The number of hydrogen-bond acceptors (Lipinski definition) is 5. The molecule has 0 saturated heterocycles. The van der Waals surface area contributed by atoms with Crippen LogP contribution in [0.1, 0.15) is 5.56 Å². The van der Waals surface area contributed by atoms with Gasteiger partial charge in [0.25, 0.3) is 5.89 Å². The summed E-state index contributed by atoms with van der Waals surface area (Å²) in [5, 5.41) is 4.76. The number of fused-ring (bicyclic) bond motifs is 1. The lowest BCUT2D eigenvalue weighted by Crippen LogP contribution is -2.02. The SMILES string of the molecule is Cc1ccccc1-c1noc(-c2cc3cc(Br)ccc3oc2=O)n1. The minimum atomic E-state index is -0.509. The van der Waals surface area contributed by atoms with Gasteiger partial charge in [0, 0.05) is 15.4 Å². The first-order valence-corrected chi connectivity index (χ1v) is 8.04. The molecule has 0 unspecified atom stereocenters. The zero-order valence-corrected chi connectivity index (χ0v) is 14.2. The summed E-state index contributed by atoms with van der Waals surface area (Å²) < 4.78 is 11.5. The number of nitrogens with zero attached hydrogens (tertiary/aromatic N) is 2. The lowest BCUT2D eigenvalue weighted by atomic mass is 10.1. The van der Waals surface area contributed by atoms with Crippen LogP contribution in [0.5, 0.6) is 0 Å². The Morgan fingerprint density at radius 2 is 1.88 bits per heavy atom. The van der Waals surface area contributed by atoms with Gasteiger partial charge in [0.15, 0.2) is 0 Å². The van der Waals surface area contributed by atoms with Gasteiger partial charge >= 0.3 is 5.63 Å². The Hall–Kier alpha value is -2.73. The highest BCUT2D eigenvalue weighted by Gasteiger charge is 2.16. The summed E-state index contributed by atoms with van der Waals surface area (Å²) in [7, 11) is 0. The van der Waals surface area contributed by atoms with Gasteiger partial charge in [-0.3, -0.25) is 0 Å². The summed E-state index contributed by atoms with van der Waals surface area (Å²) in [6.45, 7) is 1.97. The predicted octanol–water partition coefficient (Wildman–Crippen LogP) is 4.58. The maximum atomic E-state index is 12.2. The Labute approximate surface area is 145 Å². The largest absolute Gasteiger partial charge is 0.422 e. The zero-order chi connectivity index (χ0) is 16.7. The lowest BCUT2D eigenvalue weighted by Gasteiger charge is -1.99. The Bertz CT molecular complexity index is 1110. The topological polar surface area (TPSA) is 69.1 Å². The van der Waals surface area contributed by atoms with Crippen LogP contribution in [-0.4, -0.2) is 10.1 Å². The normalized spacial score (nSPS) is 11.1. The van der Waals surface area contributed by atoms with Crippen molar-refractivity contribution >= 4 is 26.9 Å². The van der Waals surface area contributed by atoms with Gasteiger partial charge in [-0.15, -0.1) is 0 Å². The molecule has 118 valence electrons.